The van der Waals surface area contributed by atoms with Gasteiger partial charge in [0.1, 0.15) is 11.8 Å². The second-order valence-corrected chi connectivity index (χ2v) is 10.1. The summed E-state index contributed by atoms with van der Waals surface area (Å²) in [6.07, 6.45) is 7.72. The number of ether oxygens (including phenoxy) is 1. The first-order valence-corrected chi connectivity index (χ1v) is 13.3. The Balaban J connectivity index is 1.45. The van der Waals surface area contributed by atoms with Crippen LogP contribution in [0, 0.1) is 0 Å². The molecule has 1 saturated heterocycles. The van der Waals surface area contributed by atoms with Gasteiger partial charge in [-0.25, -0.2) is 4.98 Å². The van der Waals surface area contributed by atoms with Crippen molar-refractivity contribution < 1.29 is 18.7 Å². The lowest BCUT2D eigenvalue weighted by Crippen LogP contribution is -2.64. The number of nitrogens with zero attached hydrogens (tertiary/aromatic N) is 2. The number of hydrogen-bond donors (Lipinski definition) is 2. The first-order chi connectivity index (χ1) is 18.5. The number of methoxy groups -OCH3 is 1. The van der Waals surface area contributed by atoms with Crippen molar-refractivity contribution >= 4 is 11.8 Å². The molecular weight excluding hydrogens is 483 g/mol. The number of amides is 2. The average Bonchev–Trinajstić information content (AvgIpc) is 3.45. The lowest BCUT2D eigenvalue weighted by atomic mass is 9.70. The third-order valence-electron chi connectivity index (χ3n) is 7.37. The number of nitrogens with one attached hydrogen (secondary N) is 2. The van der Waals surface area contributed by atoms with Gasteiger partial charge in [-0.05, 0) is 42.5 Å². The summed E-state index contributed by atoms with van der Waals surface area (Å²) < 4.78 is 17.9. The molecule has 7 nitrogen and oxygen atoms in total. The number of rotatable bonds is 14. The molecule has 0 radical (unpaired) electrons. The maximum Gasteiger partial charge on any atom is 0.245 e. The summed E-state index contributed by atoms with van der Waals surface area (Å²) >= 11 is 0. The molecule has 8 heteroatoms. The van der Waals surface area contributed by atoms with Crippen molar-refractivity contribution in [2.24, 2.45) is 0 Å². The Morgan fingerprint density at radius 2 is 1.87 bits per heavy atom. The number of imidazole rings is 1. The van der Waals surface area contributed by atoms with Crippen molar-refractivity contribution in [1.29, 1.82) is 0 Å². The monoisotopic (exact) mass is 520 g/mol. The zero-order chi connectivity index (χ0) is 26.8. The van der Waals surface area contributed by atoms with Crippen LogP contribution in [0.2, 0.25) is 0 Å². The van der Waals surface area contributed by atoms with E-state index in [1.807, 2.05) is 47.4 Å². The molecule has 0 bridgehead atoms. The summed E-state index contributed by atoms with van der Waals surface area (Å²) in [7, 11) is 1.61. The zero-order valence-corrected chi connectivity index (χ0v) is 22.0. The van der Waals surface area contributed by atoms with Crippen LogP contribution in [0.25, 0.3) is 0 Å². The number of unbranched alkanes of at least 4 members (excludes halogenated alkanes) is 2. The summed E-state index contributed by atoms with van der Waals surface area (Å²) in [5, 5.41) is 2.99. The van der Waals surface area contributed by atoms with E-state index in [-0.39, 0.29) is 30.3 Å². The van der Waals surface area contributed by atoms with Crippen molar-refractivity contribution in [3.05, 3.63) is 83.9 Å². The fraction of sp³-hybridized carbons (Fsp3) is 0.433. The van der Waals surface area contributed by atoms with Crippen LogP contribution in [0.4, 0.5) is 4.39 Å². The fourth-order valence-electron chi connectivity index (χ4n) is 5.21. The molecule has 1 aliphatic heterocycles. The van der Waals surface area contributed by atoms with Crippen molar-refractivity contribution in [2.45, 2.75) is 56.4 Å². The SMILES string of the molecule is COc1ccc(CC(NC(=O)CCc2c[nH]cn2)C(=O)N2CC(CCCCCF)(c3ccccc3)C2)cc1. The molecule has 2 aromatic carbocycles. The topological polar surface area (TPSA) is 87.3 Å². The molecule has 1 fully saturated rings. The van der Waals surface area contributed by atoms with E-state index in [2.05, 4.69) is 27.4 Å². The lowest BCUT2D eigenvalue weighted by molar-refractivity contribution is -0.143. The number of carbonyl (C=O) groups is 2. The van der Waals surface area contributed by atoms with Gasteiger partial charge in [0.2, 0.25) is 11.8 Å². The van der Waals surface area contributed by atoms with Gasteiger partial charge in [0, 0.05) is 37.5 Å². The molecular formula is C30H37FN4O3. The summed E-state index contributed by atoms with van der Waals surface area (Å²) in [6.45, 7) is 0.886. The molecule has 2 heterocycles. The Kier molecular flexibility index (Phi) is 9.51. The largest absolute Gasteiger partial charge is 0.497 e. The van der Waals surface area contributed by atoms with Gasteiger partial charge < -0.3 is 19.9 Å². The quantitative estimate of drug-likeness (QED) is 0.309. The highest BCUT2D eigenvalue weighted by Crippen LogP contribution is 2.39. The first-order valence-electron chi connectivity index (χ1n) is 13.3. The molecule has 1 unspecified atom stereocenters. The molecule has 1 aliphatic rings. The van der Waals surface area contributed by atoms with Gasteiger partial charge in [-0.3, -0.25) is 14.0 Å². The molecule has 0 saturated carbocycles. The van der Waals surface area contributed by atoms with Gasteiger partial charge in [-0.1, -0.05) is 55.3 Å². The van der Waals surface area contributed by atoms with Crippen LogP contribution in [-0.2, 0) is 27.8 Å². The van der Waals surface area contributed by atoms with Crippen LogP contribution in [0.1, 0.15) is 48.9 Å². The van der Waals surface area contributed by atoms with E-state index < -0.39 is 6.04 Å². The Morgan fingerprint density at radius 1 is 1.11 bits per heavy atom. The van der Waals surface area contributed by atoms with Crippen LogP contribution in [-0.4, -0.2) is 59.6 Å². The molecule has 0 spiro atoms. The van der Waals surface area contributed by atoms with Gasteiger partial charge in [-0.2, -0.15) is 0 Å². The first kappa shape index (κ1) is 27.4. The predicted octanol–water partition coefficient (Wildman–Crippen LogP) is 4.39. The zero-order valence-electron chi connectivity index (χ0n) is 22.0. The van der Waals surface area contributed by atoms with E-state index in [4.69, 9.17) is 4.74 Å². The van der Waals surface area contributed by atoms with E-state index in [1.165, 1.54) is 5.56 Å². The second kappa shape index (κ2) is 13.2. The van der Waals surface area contributed by atoms with Crippen LogP contribution in [0.3, 0.4) is 0 Å². The lowest BCUT2D eigenvalue weighted by Gasteiger charge is -2.52. The molecule has 2 N–H and O–H groups in total. The summed E-state index contributed by atoms with van der Waals surface area (Å²) in [6, 6.07) is 17.2. The van der Waals surface area contributed by atoms with Crippen molar-refractivity contribution in [3.8, 4) is 5.75 Å². The van der Waals surface area contributed by atoms with E-state index in [0.29, 0.717) is 32.4 Å². The number of H-pyrrole nitrogens is 1. The highest BCUT2D eigenvalue weighted by Gasteiger charge is 2.47. The Hall–Kier alpha value is -3.68. The Morgan fingerprint density at radius 3 is 2.53 bits per heavy atom. The summed E-state index contributed by atoms with van der Waals surface area (Å²) in [4.78, 5) is 35.5. The molecule has 1 atom stereocenters. The molecule has 1 aromatic heterocycles. The number of aromatic amines is 1. The fourth-order valence-corrected chi connectivity index (χ4v) is 5.21. The number of aryl methyl sites for hydroxylation is 1. The van der Waals surface area contributed by atoms with Gasteiger partial charge in [-0.15, -0.1) is 0 Å². The standard InChI is InChI=1S/C30H37FN4O3/c1-38-26-13-10-23(11-14-26)18-27(34-28(36)15-12-25-19-32-22-33-25)29(37)35-20-30(21-35,16-6-3-7-17-31)24-8-4-2-5-9-24/h2,4-5,8-11,13-14,19,22,27H,3,6-7,12,15-18,20-21H2,1H3,(H,32,33)(H,34,36). The molecule has 4 rings (SSSR count). The minimum absolute atomic E-state index is 0.0794. The number of aromatic nitrogens is 2. The van der Waals surface area contributed by atoms with Crippen LogP contribution in [0.15, 0.2) is 67.1 Å². The molecule has 0 aliphatic carbocycles. The number of alkyl halides is 1. The predicted molar refractivity (Wildman–Crippen MR) is 145 cm³/mol. The van der Waals surface area contributed by atoms with E-state index >= 15 is 0 Å². The number of halogens is 1. The van der Waals surface area contributed by atoms with Gasteiger partial charge >= 0.3 is 0 Å². The van der Waals surface area contributed by atoms with Crippen LogP contribution < -0.4 is 10.1 Å². The normalized spacial score (nSPS) is 14.9. The van der Waals surface area contributed by atoms with Crippen molar-refractivity contribution in [1.82, 2.24) is 20.2 Å². The summed E-state index contributed by atoms with van der Waals surface area (Å²) in [5.41, 5.74) is 2.82. The molecule has 202 valence electrons. The third kappa shape index (κ3) is 7.00. The minimum Gasteiger partial charge on any atom is -0.497 e. The summed E-state index contributed by atoms with van der Waals surface area (Å²) in [5.74, 6) is 0.480. The van der Waals surface area contributed by atoms with Crippen LogP contribution in [0.5, 0.6) is 5.75 Å². The third-order valence-corrected chi connectivity index (χ3v) is 7.37. The number of carbonyl (C=O) groups excluding carboxylic acids is 2. The Bertz CT molecular complexity index is 1150. The van der Waals surface area contributed by atoms with Gasteiger partial charge in [0.15, 0.2) is 0 Å². The number of benzene rings is 2. The van der Waals surface area contributed by atoms with Crippen LogP contribution >= 0.6 is 0 Å². The molecule has 3 aromatic rings. The smallest absolute Gasteiger partial charge is 0.245 e. The number of likely N-dealkylation sites (tertiary alicyclic amines) is 1. The van der Waals surface area contributed by atoms with E-state index in [0.717, 1.165) is 36.3 Å². The highest BCUT2D eigenvalue weighted by atomic mass is 19.1. The maximum atomic E-state index is 13.7. The second-order valence-electron chi connectivity index (χ2n) is 10.1. The maximum absolute atomic E-state index is 13.7. The highest BCUT2D eigenvalue weighted by molar-refractivity contribution is 5.88. The van der Waals surface area contributed by atoms with Gasteiger partial charge in [0.25, 0.3) is 0 Å². The molecule has 2 amide bonds. The minimum atomic E-state index is -0.671. The van der Waals surface area contributed by atoms with E-state index in [1.54, 1.807) is 19.6 Å². The van der Waals surface area contributed by atoms with Crippen molar-refractivity contribution in [2.75, 3.05) is 26.9 Å². The number of hydrogen-bond acceptors (Lipinski definition) is 4. The average molecular weight is 521 g/mol. The van der Waals surface area contributed by atoms with Crippen molar-refractivity contribution in [3.63, 3.8) is 0 Å². The van der Waals surface area contributed by atoms with E-state index in [9.17, 15) is 14.0 Å². The molecule has 38 heavy (non-hydrogen) atoms. The van der Waals surface area contributed by atoms with Gasteiger partial charge in [0.05, 0.1) is 25.8 Å². The Labute approximate surface area is 223 Å².